The average molecular weight is 476 g/mol. The van der Waals surface area contributed by atoms with Gasteiger partial charge in [-0.3, -0.25) is 19.8 Å². The maximum absolute atomic E-state index is 13.3. The van der Waals surface area contributed by atoms with E-state index < -0.39 is 17.7 Å². The van der Waals surface area contributed by atoms with Gasteiger partial charge in [0.2, 0.25) is 0 Å². The standard InChI is InChI=1S/C28H21N5O3/c1-32(2)17-13-11-16(12-14-17)24-25-21(18-7-5-6-10-22(18)29-25)15-23(30-24)26(34)31-33-27(35)19-8-3-4-9-20(19)28(33)36/h3-15,29H,1-2H3,(H,31,34). The summed E-state index contributed by atoms with van der Waals surface area (Å²) in [6.45, 7) is 0. The summed E-state index contributed by atoms with van der Waals surface area (Å²) in [7, 11) is 3.93. The molecule has 1 aliphatic rings. The molecule has 5 aromatic rings. The molecule has 2 N–H and O–H groups in total. The van der Waals surface area contributed by atoms with E-state index in [2.05, 4.69) is 15.4 Å². The Morgan fingerprint density at radius 3 is 2.17 bits per heavy atom. The number of nitrogens with one attached hydrogen (secondary N) is 2. The second-order valence-electron chi connectivity index (χ2n) is 8.82. The first-order valence-corrected chi connectivity index (χ1v) is 11.4. The number of aromatic amines is 1. The van der Waals surface area contributed by atoms with Crippen LogP contribution in [-0.4, -0.2) is 46.8 Å². The van der Waals surface area contributed by atoms with Crippen LogP contribution in [0.25, 0.3) is 33.1 Å². The molecule has 8 heteroatoms. The van der Waals surface area contributed by atoms with Crippen LogP contribution < -0.4 is 10.3 Å². The van der Waals surface area contributed by atoms with Crippen molar-refractivity contribution in [2.24, 2.45) is 0 Å². The summed E-state index contributed by atoms with van der Waals surface area (Å²) >= 11 is 0. The highest BCUT2D eigenvalue weighted by Gasteiger charge is 2.37. The van der Waals surface area contributed by atoms with Gasteiger partial charge >= 0.3 is 0 Å². The molecule has 0 spiro atoms. The van der Waals surface area contributed by atoms with Gasteiger partial charge in [-0.05, 0) is 36.4 Å². The molecular formula is C28H21N5O3. The summed E-state index contributed by atoms with van der Waals surface area (Å²) in [5.41, 5.74) is 7.24. The molecule has 0 saturated carbocycles. The smallest absolute Gasteiger partial charge is 0.288 e. The number of rotatable bonds is 4. The van der Waals surface area contributed by atoms with Gasteiger partial charge in [-0.2, -0.15) is 5.01 Å². The number of para-hydroxylation sites is 1. The Morgan fingerprint density at radius 1 is 0.861 bits per heavy atom. The first kappa shape index (κ1) is 21.5. The number of pyridine rings is 1. The van der Waals surface area contributed by atoms with Gasteiger partial charge in [-0.1, -0.05) is 42.5 Å². The number of carbonyl (C=O) groups excluding carboxylic acids is 3. The Kier molecular flexibility index (Phi) is 4.82. The minimum Gasteiger partial charge on any atom is -0.378 e. The van der Waals surface area contributed by atoms with Crippen molar-refractivity contribution in [2.45, 2.75) is 0 Å². The number of hydrogen-bond donors (Lipinski definition) is 2. The van der Waals surface area contributed by atoms with Crippen molar-refractivity contribution >= 4 is 45.2 Å². The van der Waals surface area contributed by atoms with Crippen LogP contribution in [0.4, 0.5) is 5.69 Å². The molecule has 176 valence electrons. The molecule has 1 aliphatic heterocycles. The van der Waals surface area contributed by atoms with Crippen molar-refractivity contribution in [1.29, 1.82) is 0 Å². The largest absolute Gasteiger partial charge is 0.378 e. The molecule has 0 saturated heterocycles. The zero-order chi connectivity index (χ0) is 25.0. The van der Waals surface area contributed by atoms with E-state index in [1.54, 1.807) is 30.3 Å². The fourth-order valence-corrected chi connectivity index (χ4v) is 4.54. The molecular weight excluding hydrogens is 454 g/mol. The summed E-state index contributed by atoms with van der Waals surface area (Å²) in [5, 5.41) is 2.51. The van der Waals surface area contributed by atoms with Crippen molar-refractivity contribution in [3.05, 3.63) is 95.7 Å². The van der Waals surface area contributed by atoms with Gasteiger partial charge < -0.3 is 9.88 Å². The Bertz CT molecular complexity index is 1670. The molecule has 2 aromatic heterocycles. The van der Waals surface area contributed by atoms with Crippen molar-refractivity contribution in [2.75, 3.05) is 19.0 Å². The molecule has 3 aromatic carbocycles. The molecule has 36 heavy (non-hydrogen) atoms. The highest BCUT2D eigenvalue weighted by Crippen LogP contribution is 2.33. The summed E-state index contributed by atoms with van der Waals surface area (Å²) in [5.74, 6) is -1.80. The molecule has 0 radical (unpaired) electrons. The second-order valence-corrected chi connectivity index (χ2v) is 8.82. The van der Waals surface area contributed by atoms with Crippen LogP contribution in [0.15, 0.2) is 78.9 Å². The normalized spacial score (nSPS) is 12.9. The number of hydrogen-bond acceptors (Lipinski definition) is 5. The van der Waals surface area contributed by atoms with E-state index in [0.29, 0.717) is 5.69 Å². The number of carbonyl (C=O) groups is 3. The number of H-pyrrole nitrogens is 1. The van der Waals surface area contributed by atoms with E-state index in [4.69, 9.17) is 0 Å². The molecule has 0 fully saturated rings. The van der Waals surface area contributed by atoms with Crippen LogP contribution in [0.3, 0.4) is 0 Å². The maximum atomic E-state index is 13.3. The van der Waals surface area contributed by atoms with Gasteiger partial charge in [0.15, 0.2) is 0 Å². The summed E-state index contributed by atoms with van der Waals surface area (Å²) in [6, 6.07) is 23.8. The maximum Gasteiger partial charge on any atom is 0.288 e. The van der Waals surface area contributed by atoms with Crippen molar-refractivity contribution in [1.82, 2.24) is 20.4 Å². The van der Waals surface area contributed by atoms with Crippen LogP contribution >= 0.6 is 0 Å². The number of hydrazine groups is 1. The summed E-state index contributed by atoms with van der Waals surface area (Å²) in [6.07, 6.45) is 0. The van der Waals surface area contributed by atoms with E-state index in [1.165, 1.54) is 0 Å². The predicted octanol–water partition coefficient (Wildman–Crippen LogP) is 4.39. The van der Waals surface area contributed by atoms with Crippen LogP contribution in [0.5, 0.6) is 0 Å². The SMILES string of the molecule is CN(C)c1ccc(-c2nc(C(=O)NN3C(=O)c4ccccc4C3=O)cc3c2[nH]c2ccccc23)cc1. The third kappa shape index (κ3) is 3.31. The Morgan fingerprint density at radius 2 is 1.50 bits per heavy atom. The minimum absolute atomic E-state index is 0.0931. The van der Waals surface area contributed by atoms with E-state index >= 15 is 0 Å². The molecule has 0 aliphatic carbocycles. The summed E-state index contributed by atoms with van der Waals surface area (Å²) in [4.78, 5) is 48.9. The molecule has 3 heterocycles. The van der Waals surface area contributed by atoms with Gasteiger partial charge in [-0.15, -0.1) is 0 Å². The average Bonchev–Trinajstić information content (AvgIpc) is 3.39. The second kappa shape index (κ2) is 8.06. The first-order chi connectivity index (χ1) is 17.4. The van der Waals surface area contributed by atoms with Crippen molar-refractivity contribution < 1.29 is 14.4 Å². The number of imide groups is 1. The third-order valence-corrected chi connectivity index (χ3v) is 6.39. The van der Waals surface area contributed by atoms with Crippen molar-refractivity contribution in [3.8, 4) is 11.3 Å². The minimum atomic E-state index is -0.650. The Balaban J connectivity index is 1.45. The quantitative estimate of drug-likeness (QED) is 0.376. The number of nitrogens with zero attached hydrogens (tertiary/aromatic N) is 3. The zero-order valence-electron chi connectivity index (χ0n) is 19.6. The molecule has 0 atom stereocenters. The zero-order valence-corrected chi connectivity index (χ0v) is 19.6. The third-order valence-electron chi connectivity index (χ3n) is 6.39. The fraction of sp³-hybridized carbons (Fsp3) is 0.0714. The number of aromatic nitrogens is 2. The molecule has 0 bridgehead atoms. The van der Waals surface area contributed by atoms with E-state index in [-0.39, 0.29) is 16.8 Å². The lowest BCUT2D eigenvalue weighted by molar-refractivity contribution is 0.0516. The van der Waals surface area contributed by atoms with E-state index in [0.717, 1.165) is 38.1 Å². The number of amides is 3. The Hall–Kier alpha value is -4.98. The van der Waals surface area contributed by atoms with Gasteiger partial charge in [-0.25, -0.2) is 4.98 Å². The van der Waals surface area contributed by atoms with Gasteiger partial charge in [0, 0.05) is 41.6 Å². The first-order valence-electron chi connectivity index (χ1n) is 11.4. The van der Waals surface area contributed by atoms with Crippen LogP contribution in [-0.2, 0) is 0 Å². The molecule has 6 rings (SSSR count). The lowest BCUT2D eigenvalue weighted by atomic mass is 10.1. The molecule has 0 unspecified atom stereocenters. The lowest BCUT2D eigenvalue weighted by Gasteiger charge is -2.16. The lowest BCUT2D eigenvalue weighted by Crippen LogP contribution is -2.46. The molecule has 8 nitrogen and oxygen atoms in total. The predicted molar refractivity (Wildman–Crippen MR) is 138 cm³/mol. The monoisotopic (exact) mass is 475 g/mol. The number of anilines is 1. The van der Waals surface area contributed by atoms with E-state index in [1.807, 2.05) is 67.5 Å². The topological polar surface area (TPSA) is 98.4 Å². The van der Waals surface area contributed by atoms with E-state index in [9.17, 15) is 14.4 Å². The summed E-state index contributed by atoms with van der Waals surface area (Å²) < 4.78 is 0. The van der Waals surface area contributed by atoms with Gasteiger partial charge in [0.25, 0.3) is 17.7 Å². The fourth-order valence-electron chi connectivity index (χ4n) is 4.54. The van der Waals surface area contributed by atoms with Gasteiger partial charge in [0.05, 0.1) is 22.3 Å². The van der Waals surface area contributed by atoms with Gasteiger partial charge in [0.1, 0.15) is 5.69 Å². The highest BCUT2D eigenvalue weighted by molar-refractivity contribution is 6.22. The Labute approximate surface area is 206 Å². The van der Waals surface area contributed by atoms with Crippen LogP contribution in [0.2, 0.25) is 0 Å². The molecule has 3 amide bonds. The van der Waals surface area contributed by atoms with Crippen LogP contribution in [0.1, 0.15) is 31.2 Å². The van der Waals surface area contributed by atoms with Crippen LogP contribution in [0, 0.1) is 0 Å². The van der Waals surface area contributed by atoms with Crippen molar-refractivity contribution in [3.63, 3.8) is 0 Å². The highest BCUT2D eigenvalue weighted by atomic mass is 16.2. The number of benzene rings is 3. The number of fused-ring (bicyclic) bond motifs is 4.